The van der Waals surface area contributed by atoms with E-state index < -0.39 is 5.97 Å². The van der Waals surface area contributed by atoms with Crippen LogP contribution in [0.1, 0.15) is 60.4 Å². The second-order valence-electron chi connectivity index (χ2n) is 11.3. The molecule has 6 rings (SSSR count). The maximum Gasteiger partial charge on any atom is 0.335 e. The van der Waals surface area contributed by atoms with Gasteiger partial charge in [0.1, 0.15) is 0 Å². The number of ether oxygens (including phenoxy) is 1. The first-order valence-electron chi connectivity index (χ1n) is 14.2. The van der Waals surface area contributed by atoms with E-state index >= 15 is 0 Å². The number of rotatable bonds is 7. The van der Waals surface area contributed by atoms with Gasteiger partial charge in [-0.3, -0.25) is 0 Å². The van der Waals surface area contributed by atoms with Crippen molar-refractivity contribution in [1.82, 2.24) is 9.47 Å². The molecule has 3 heterocycles. The fourth-order valence-corrected chi connectivity index (χ4v) is 7.35. The average Bonchev–Trinajstić information content (AvgIpc) is 3.51. The molecule has 0 radical (unpaired) electrons. The van der Waals surface area contributed by atoms with Gasteiger partial charge < -0.3 is 24.2 Å². The quantitative estimate of drug-likeness (QED) is 0.374. The Kier molecular flexibility index (Phi) is 7.39. The molecule has 1 aromatic heterocycles. The molecule has 0 bridgehead atoms. The predicted octanol–water partition coefficient (Wildman–Crippen LogP) is 6.50. The molecule has 2 aromatic carbocycles. The molecule has 1 N–H and O–H groups in total. The first-order chi connectivity index (χ1) is 18.5. The predicted molar refractivity (Wildman–Crippen MR) is 154 cm³/mol. The summed E-state index contributed by atoms with van der Waals surface area (Å²) in [5.74, 6) is 0.246. The number of nitrogens with zero attached hydrogens (tertiary/aromatic N) is 3. The summed E-state index contributed by atoms with van der Waals surface area (Å²) in [5, 5.41) is 11.7. The zero-order valence-electron chi connectivity index (χ0n) is 22.3. The van der Waals surface area contributed by atoms with Crippen LogP contribution in [0.4, 0.5) is 5.69 Å². The third-order valence-corrected chi connectivity index (χ3v) is 9.19. The minimum absolute atomic E-state index is 0.351. The normalized spacial score (nSPS) is 20.5. The van der Waals surface area contributed by atoms with E-state index in [-0.39, 0.29) is 0 Å². The Morgan fingerprint density at radius 3 is 2.66 bits per heavy atom. The molecule has 6 nitrogen and oxygen atoms in total. The van der Waals surface area contributed by atoms with Gasteiger partial charge >= 0.3 is 5.97 Å². The number of hydrogen-bond acceptors (Lipinski definition) is 4. The summed E-state index contributed by atoms with van der Waals surface area (Å²) in [6.45, 7) is 6.71. The number of halogens is 1. The zero-order valence-corrected chi connectivity index (χ0v) is 23.1. The van der Waals surface area contributed by atoms with Crippen LogP contribution in [0, 0.1) is 5.92 Å². The molecule has 2 aliphatic heterocycles. The van der Waals surface area contributed by atoms with Crippen molar-refractivity contribution in [3.63, 3.8) is 0 Å². The molecule has 1 atom stereocenters. The van der Waals surface area contributed by atoms with Gasteiger partial charge in [-0.2, -0.15) is 0 Å². The molecule has 7 heteroatoms. The summed E-state index contributed by atoms with van der Waals surface area (Å²) in [6, 6.07) is 12.0. The molecular weight excluding hydrogens is 498 g/mol. The Hall–Kier alpha value is -2.54. The van der Waals surface area contributed by atoms with E-state index in [4.69, 9.17) is 16.3 Å². The number of fused-ring (bicyclic) bond motifs is 5. The Balaban J connectivity index is 1.40. The monoisotopic (exact) mass is 535 g/mol. The lowest BCUT2D eigenvalue weighted by Gasteiger charge is -2.34. The standard InChI is InChI=1S/C31H38ClN3O3/c1-38-20-21-5-4-12-33(19-21)13-14-34-15-16-35-28-17-23(31(36)37)8-10-25(28)29(22-6-2-3-7-22)30(35)26-11-9-24(32)18-27(26)34/h8-11,17-18,21-22H,2-7,12-16,19-20H2,1H3,(H,36,37). The maximum absolute atomic E-state index is 11.9. The van der Waals surface area contributed by atoms with Crippen molar-refractivity contribution < 1.29 is 14.6 Å². The second-order valence-corrected chi connectivity index (χ2v) is 11.8. The minimum atomic E-state index is -0.874. The lowest BCUT2D eigenvalue weighted by Crippen LogP contribution is -2.42. The number of hydrogen-bond donors (Lipinski definition) is 1. The number of methoxy groups -OCH3 is 1. The van der Waals surface area contributed by atoms with E-state index in [1.165, 1.54) is 66.4 Å². The average molecular weight is 536 g/mol. The molecule has 3 aromatic rings. The Bertz CT molecular complexity index is 1330. The van der Waals surface area contributed by atoms with Crippen LogP contribution in [-0.2, 0) is 11.3 Å². The van der Waals surface area contributed by atoms with Crippen LogP contribution in [0.15, 0.2) is 36.4 Å². The molecular formula is C31H38ClN3O3. The van der Waals surface area contributed by atoms with Crippen molar-refractivity contribution in [2.24, 2.45) is 5.92 Å². The number of benzene rings is 2. The van der Waals surface area contributed by atoms with E-state index in [2.05, 4.69) is 26.5 Å². The summed E-state index contributed by atoms with van der Waals surface area (Å²) in [4.78, 5) is 17.0. The molecule has 2 fully saturated rings. The van der Waals surface area contributed by atoms with Crippen molar-refractivity contribution in [3.05, 3.63) is 52.5 Å². The molecule has 1 saturated heterocycles. The van der Waals surface area contributed by atoms with Crippen LogP contribution in [-0.4, -0.2) is 67.0 Å². The highest BCUT2D eigenvalue weighted by atomic mass is 35.5. The van der Waals surface area contributed by atoms with Crippen molar-refractivity contribution >= 4 is 34.2 Å². The molecule has 3 aliphatic rings. The van der Waals surface area contributed by atoms with Gasteiger partial charge in [-0.1, -0.05) is 30.5 Å². The van der Waals surface area contributed by atoms with Gasteiger partial charge in [0.25, 0.3) is 0 Å². The highest BCUT2D eigenvalue weighted by molar-refractivity contribution is 6.31. The number of carbonyl (C=O) groups is 1. The lowest BCUT2D eigenvalue weighted by molar-refractivity contribution is 0.0697. The summed E-state index contributed by atoms with van der Waals surface area (Å²) >= 11 is 6.60. The van der Waals surface area contributed by atoms with Crippen LogP contribution in [0.5, 0.6) is 0 Å². The van der Waals surface area contributed by atoms with E-state index in [9.17, 15) is 9.90 Å². The van der Waals surface area contributed by atoms with Crippen LogP contribution in [0.3, 0.4) is 0 Å². The second kappa shape index (κ2) is 10.9. The molecule has 0 amide bonds. The summed E-state index contributed by atoms with van der Waals surface area (Å²) < 4.78 is 7.85. The summed E-state index contributed by atoms with van der Waals surface area (Å²) in [6.07, 6.45) is 7.36. The Labute approximate surface area is 230 Å². The van der Waals surface area contributed by atoms with Gasteiger partial charge in [0, 0.05) is 67.0 Å². The zero-order chi connectivity index (χ0) is 26.2. The molecule has 0 spiro atoms. The minimum Gasteiger partial charge on any atom is -0.478 e. The number of anilines is 1. The topological polar surface area (TPSA) is 57.9 Å². The maximum atomic E-state index is 11.9. The third kappa shape index (κ3) is 4.83. The van der Waals surface area contributed by atoms with Crippen LogP contribution >= 0.6 is 11.6 Å². The Morgan fingerprint density at radius 1 is 1.03 bits per heavy atom. The molecule has 202 valence electrons. The van der Waals surface area contributed by atoms with Crippen LogP contribution in [0.2, 0.25) is 5.02 Å². The first kappa shape index (κ1) is 25.7. The fourth-order valence-electron chi connectivity index (χ4n) is 7.19. The van der Waals surface area contributed by atoms with Crippen LogP contribution in [0.25, 0.3) is 22.2 Å². The van der Waals surface area contributed by atoms with Crippen molar-refractivity contribution in [2.45, 2.75) is 51.0 Å². The van der Waals surface area contributed by atoms with E-state index in [1.807, 2.05) is 18.2 Å². The van der Waals surface area contributed by atoms with E-state index in [1.54, 1.807) is 13.2 Å². The van der Waals surface area contributed by atoms with Crippen LogP contribution < -0.4 is 4.90 Å². The van der Waals surface area contributed by atoms with Gasteiger partial charge in [0.15, 0.2) is 0 Å². The van der Waals surface area contributed by atoms with Gasteiger partial charge in [0.05, 0.1) is 17.9 Å². The summed E-state index contributed by atoms with van der Waals surface area (Å²) in [5.41, 5.74) is 6.48. The molecule has 1 unspecified atom stereocenters. The molecule has 1 aliphatic carbocycles. The number of likely N-dealkylation sites (tertiary alicyclic amines) is 1. The van der Waals surface area contributed by atoms with Crippen molar-refractivity contribution in [1.29, 1.82) is 0 Å². The fraction of sp³-hybridized carbons (Fsp3) is 0.516. The van der Waals surface area contributed by atoms with Crippen molar-refractivity contribution in [3.8, 4) is 11.3 Å². The number of aromatic nitrogens is 1. The largest absolute Gasteiger partial charge is 0.478 e. The van der Waals surface area contributed by atoms with Crippen molar-refractivity contribution in [2.75, 3.05) is 51.3 Å². The summed E-state index contributed by atoms with van der Waals surface area (Å²) in [7, 11) is 1.80. The number of carboxylic acid groups (broad SMARTS) is 1. The third-order valence-electron chi connectivity index (χ3n) is 8.95. The SMILES string of the molecule is COCC1CCCN(CCN2CCn3c(c(C4CCCC4)c4ccc(C(=O)O)cc43)-c3ccc(Cl)cc32)C1. The van der Waals surface area contributed by atoms with Gasteiger partial charge in [-0.05, 0) is 80.0 Å². The van der Waals surface area contributed by atoms with Gasteiger partial charge in [-0.25, -0.2) is 4.79 Å². The highest BCUT2D eigenvalue weighted by Gasteiger charge is 2.31. The lowest BCUT2D eigenvalue weighted by atomic mass is 9.91. The van der Waals surface area contributed by atoms with Gasteiger partial charge in [0.2, 0.25) is 0 Å². The smallest absolute Gasteiger partial charge is 0.335 e. The number of carboxylic acids is 1. The van der Waals surface area contributed by atoms with E-state index in [0.29, 0.717) is 17.4 Å². The number of aromatic carboxylic acids is 1. The van der Waals surface area contributed by atoms with Gasteiger partial charge in [-0.15, -0.1) is 0 Å². The highest BCUT2D eigenvalue weighted by Crippen LogP contribution is 2.48. The molecule has 1 saturated carbocycles. The number of piperidine rings is 1. The van der Waals surface area contributed by atoms with E-state index in [0.717, 1.165) is 56.4 Å². The Morgan fingerprint density at radius 2 is 1.87 bits per heavy atom. The molecule has 38 heavy (non-hydrogen) atoms. The first-order valence-corrected chi connectivity index (χ1v) is 14.6.